The van der Waals surface area contributed by atoms with Crippen LogP contribution in [0.25, 0.3) is 0 Å². The molecule has 0 aromatic rings. The lowest BCUT2D eigenvalue weighted by atomic mass is 15.7. The van der Waals surface area contributed by atoms with E-state index >= 15 is 0 Å². The first kappa shape index (κ1) is 16.7. The average Bonchev–Trinajstić information content (AvgIpc) is 1.83. The van der Waals surface area contributed by atoms with Gasteiger partial charge in [0, 0.05) is 0 Å². The van der Waals surface area contributed by atoms with Gasteiger partial charge in [0.2, 0.25) is 0 Å². The molecule has 13 heteroatoms. The molecular weight excluding hydrogens is 269 g/mol. The summed E-state index contributed by atoms with van der Waals surface area (Å²) in [5.41, 5.74) is 0. The molecule has 0 fully saturated rings. The smallest absolute Gasteiger partial charge is 0.328 e. The summed E-state index contributed by atoms with van der Waals surface area (Å²) in [6.45, 7) is 0. The van der Waals surface area contributed by atoms with Crippen molar-refractivity contribution in [1.82, 2.24) is 0 Å². The SMILES string of the molecule is OP(O)O.OP(O)OSOP(O)O. The van der Waals surface area contributed by atoms with Crippen LogP contribution >= 0.6 is 38.1 Å². The Hall–Kier alpha value is 1.28. The van der Waals surface area contributed by atoms with Crippen LogP contribution in [-0.2, 0) is 7.94 Å². The van der Waals surface area contributed by atoms with Gasteiger partial charge in [-0.25, -0.2) is 7.94 Å². The minimum Gasteiger partial charge on any atom is -0.328 e. The highest BCUT2D eigenvalue weighted by atomic mass is 32.2. The first-order valence-electron chi connectivity index (χ1n) is 2.10. The Balaban J connectivity index is 0. The van der Waals surface area contributed by atoms with Crippen molar-refractivity contribution in [3.8, 4) is 0 Å². The molecular formula is H7O9P3S. The fourth-order valence-electron chi connectivity index (χ4n) is 0.0680. The molecule has 0 saturated heterocycles. The molecule has 0 heterocycles. The summed E-state index contributed by atoms with van der Waals surface area (Å²) in [5, 5.41) is 0. The molecule has 0 aromatic heterocycles. The third-order valence-electron chi connectivity index (χ3n) is 0.194. The zero-order chi connectivity index (χ0) is 10.9. The second kappa shape index (κ2) is 11.4. The highest BCUT2D eigenvalue weighted by Gasteiger charge is 2.04. The van der Waals surface area contributed by atoms with E-state index in [1.807, 2.05) is 0 Å². The van der Waals surface area contributed by atoms with Crippen LogP contribution in [0.3, 0.4) is 0 Å². The molecule has 0 unspecified atom stereocenters. The van der Waals surface area contributed by atoms with Gasteiger partial charge in [-0.3, -0.25) is 0 Å². The van der Waals surface area contributed by atoms with Crippen molar-refractivity contribution in [2.45, 2.75) is 0 Å². The van der Waals surface area contributed by atoms with Crippen LogP contribution in [0.4, 0.5) is 0 Å². The van der Waals surface area contributed by atoms with Crippen LogP contribution in [0, 0.1) is 0 Å². The van der Waals surface area contributed by atoms with E-state index in [1.54, 1.807) is 0 Å². The van der Waals surface area contributed by atoms with Gasteiger partial charge in [0.05, 0.1) is 0 Å². The lowest BCUT2D eigenvalue weighted by molar-refractivity contribution is 0.363. The van der Waals surface area contributed by atoms with Gasteiger partial charge in [0.15, 0.2) is 12.3 Å². The number of rotatable bonds is 4. The van der Waals surface area contributed by atoms with Crippen LogP contribution in [0.15, 0.2) is 0 Å². The van der Waals surface area contributed by atoms with Gasteiger partial charge in [0.1, 0.15) is 0 Å². The Morgan fingerprint density at radius 3 is 1.08 bits per heavy atom. The molecule has 0 spiro atoms. The monoisotopic (exact) mass is 276 g/mol. The maximum Gasteiger partial charge on any atom is 0.341 e. The average molecular weight is 276 g/mol. The third kappa shape index (κ3) is 31.9. The zero-order valence-corrected chi connectivity index (χ0v) is 9.20. The van der Waals surface area contributed by atoms with E-state index in [4.69, 9.17) is 34.3 Å². The molecule has 0 bridgehead atoms. The number of hydrogen-bond acceptors (Lipinski definition) is 10. The van der Waals surface area contributed by atoms with Crippen molar-refractivity contribution in [3.63, 3.8) is 0 Å². The Morgan fingerprint density at radius 1 is 0.692 bits per heavy atom. The topological polar surface area (TPSA) is 160 Å². The quantitative estimate of drug-likeness (QED) is 0.255. The van der Waals surface area contributed by atoms with Gasteiger partial charge in [-0.05, 0) is 0 Å². The molecule has 82 valence electrons. The zero-order valence-electron chi connectivity index (χ0n) is 5.70. The predicted octanol–water partition coefficient (Wildman–Crippen LogP) is -0.804. The van der Waals surface area contributed by atoms with Crippen LogP contribution in [0.2, 0.25) is 0 Å². The largest absolute Gasteiger partial charge is 0.341 e. The minimum atomic E-state index is -2.62. The van der Waals surface area contributed by atoms with Crippen LogP contribution in [0.5, 0.6) is 0 Å². The second-order valence-corrected chi connectivity index (χ2v) is 3.87. The van der Waals surface area contributed by atoms with E-state index in [0.717, 1.165) is 0 Å². The van der Waals surface area contributed by atoms with E-state index in [2.05, 4.69) is 7.94 Å². The van der Waals surface area contributed by atoms with E-state index in [0.29, 0.717) is 0 Å². The van der Waals surface area contributed by atoms with Crippen molar-refractivity contribution in [3.05, 3.63) is 0 Å². The first-order valence-corrected chi connectivity index (χ1v) is 6.30. The molecule has 9 nitrogen and oxygen atoms in total. The Morgan fingerprint density at radius 2 is 0.923 bits per heavy atom. The lowest BCUT2D eigenvalue weighted by Gasteiger charge is -2.00. The highest BCUT2D eigenvalue weighted by Crippen LogP contribution is 2.39. The van der Waals surface area contributed by atoms with Crippen molar-refractivity contribution in [1.29, 1.82) is 0 Å². The van der Waals surface area contributed by atoms with E-state index in [9.17, 15) is 0 Å². The fourth-order valence-corrected chi connectivity index (χ4v) is 0.857. The summed E-state index contributed by atoms with van der Waals surface area (Å²) in [4.78, 5) is 53.7. The molecule has 0 atom stereocenters. The molecule has 0 aliphatic heterocycles. The van der Waals surface area contributed by atoms with Crippen molar-refractivity contribution >= 4 is 38.1 Å². The Bertz CT molecular complexity index is 84.1. The van der Waals surface area contributed by atoms with Crippen molar-refractivity contribution < 1.29 is 42.2 Å². The summed E-state index contributed by atoms with van der Waals surface area (Å²) >= 11 is 0.127. The molecule has 13 heavy (non-hydrogen) atoms. The van der Waals surface area contributed by atoms with Gasteiger partial charge < -0.3 is 34.3 Å². The van der Waals surface area contributed by atoms with E-state index < -0.39 is 25.8 Å². The predicted molar refractivity (Wildman–Crippen MR) is 46.1 cm³/mol. The molecule has 0 aromatic carbocycles. The van der Waals surface area contributed by atoms with Crippen LogP contribution in [-0.4, -0.2) is 34.3 Å². The molecule has 0 amide bonds. The molecule has 0 rings (SSSR count). The molecule has 0 saturated carbocycles. The molecule has 0 aliphatic rings. The number of hydrogen-bond donors (Lipinski definition) is 7. The van der Waals surface area contributed by atoms with Crippen LogP contribution in [0.1, 0.15) is 0 Å². The van der Waals surface area contributed by atoms with Gasteiger partial charge in [-0.1, -0.05) is 0 Å². The van der Waals surface area contributed by atoms with Gasteiger partial charge in [-0.15, -0.1) is 0 Å². The van der Waals surface area contributed by atoms with Crippen molar-refractivity contribution in [2.75, 3.05) is 0 Å². The van der Waals surface area contributed by atoms with Gasteiger partial charge >= 0.3 is 25.8 Å². The summed E-state index contributed by atoms with van der Waals surface area (Å²) < 4.78 is 7.84. The first-order chi connectivity index (χ1) is 5.86. The molecule has 7 N–H and O–H groups in total. The second-order valence-electron chi connectivity index (χ2n) is 0.991. The summed E-state index contributed by atoms with van der Waals surface area (Å²) in [6.07, 6.45) is 0. The minimum absolute atomic E-state index is 0.127. The molecule has 0 aliphatic carbocycles. The fraction of sp³-hybridized carbons (Fsp3) is 0. The van der Waals surface area contributed by atoms with Crippen LogP contribution < -0.4 is 0 Å². The summed E-state index contributed by atoms with van der Waals surface area (Å²) in [6, 6.07) is 0. The highest BCUT2D eigenvalue weighted by molar-refractivity contribution is 7.95. The van der Waals surface area contributed by atoms with Gasteiger partial charge in [0.25, 0.3) is 0 Å². The summed E-state index contributed by atoms with van der Waals surface area (Å²) in [5.74, 6) is 0. The maximum atomic E-state index is 8.01. The Kier molecular flexibility index (Phi) is 14.6. The van der Waals surface area contributed by atoms with Gasteiger partial charge in [-0.2, -0.15) is 0 Å². The molecule has 0 radical (unpaired) electrons. The standard InChI is InChI=1S/H4O6P2S.H3O3P/c1-7(2)5-9-6-8(3)4;1-4(2)3/h1-4H;1-3H. The summed E-state index contributed by atoms with van der Waals surface area (Å²) in [7, 11) is -7.63. The lowest BCUT2D eigenvalue weighted by Crippen LogP contribution is -1.73. The van der Waals surface area contributed by atoms with Crippen molar-refractivity contribution in [2.24, 2.45) is 0 Å². The Labute approximate surface area is 81.0 Å². The normalized spacial score (nSPS) is 10.6. The van der Waals surface area contributed by atoms with E-state index in [1.165, 1.54) is 0 Å². The van der Waals surface area contributed by atoms with E-state index in [-0.39, 0.29) is 12.3 Å². The third-order valence-corrected chi connectivity index (χ3v) is 1.75. The maximum absolute atomic E-state index is 8.01.